The van der Waals surface area contributed by atoms with Crippen molar-refractivity contribution >= 4 is 11.9 Å². The van der Waals surface area contributed by atoms with Gasteiger partial charge < -0.3 is 9.84 Å². The maximum atomic E-state index is 11.3. The number of carboxylic acids is 1. The van der Waals surface area contributed by atoms with Gasteiger partial charge in [-0.2, -0.15) is 0 Å². The molecule has 0 aliphatic rings. The van der Waals surface area contributed by atoms with E-state index >= 15 is 0 Å². The Morgan fingerprint density at radius 2 is 1.76 bits per heavy atom. The van der Waals surface area contributed by atoms with Gasteiger partial charge in [0.05, 0.1) is 6.61 Å². The highest BCUT2D eigenvalue weighted by molar-refractivity contribution is 5.88. The number of hydrogen-bond donors (Lipinski definition) is 1. The number of carbonyl (C=O) groups excluding carboxylic acids is 1. The van der Waals surface area contributed by atoms with E-state index in [1.807, 2.05) is 0 Å². The predicted molar refractivity (Wildman–Crippen MR) is 65.7 cm³/mol. The molecule has 0 bridgehead atoms. The zero-order chi connectivity index (χ0) is 13.1. The van der Waals surface area contributed by atoms with Crippen LogP contribution < -0.4 is 0 Å². The predicted octanol–water partition coefficient (Wildman–Crippen LogP) is 2.92. The summed E-state index contributed by atoms with van der Waals surface area (Å²) in [7, 11) is 0. The van der Waals surface area contributed by atoms with Crippen LogP contribution in [0.5, 0.6) is 0 Å². The van der Waals surface area contributed by atoms with Crippen LogP contribution >= 0.6 is 0 Å². The Kier molecular flexibility index (Phi) is 9.11. The SMILES string of the molecule is C=C(CCC(=O)O)C(=O)OCCCCCCC. The van der Waals surface area contributed by atoms with Gasteiger partial charge >= 0.3 is 11.9 Å². The fourth-order valence-electron chi connectivity index (χ4n) is 1.33. The van der Waals surface area contributed by atoms with Crippen LogP contribution in [0.2, 0.25) is 0 Å². The van der Waals surface area contributed by atoms with Gasteiger partial charge in [0.1, 0.15) is 0 Å². The standard InChI is InChI=1S/C13H22O4/c1-3-4-5-6-7-10-17-13(16)11(2)8-9-12(14)15/h2-10H2,1H3,(H,14,15). The fraction of sp³-hybridized carbons (Fsp3) is 0.692. The maximum Gasteiger partial charge on any atom is 0.333 e. The van der Waals surface area contributed by atoms with Crippen LogP contribution in [0.25, 0.3) is 0 Å². The molecule has 0 radical (unpaired) electrons. The molecule has 4 heteroatoms. The molecule has 0 unspecified atom stereocenters. The highest BCUT2D eigenvalue weighted by Gasteiger charge is 2.09. The van der Waals surface area contributed by atoms with Crippen molar-refractivity contribution in [3.8, 4) is 0 Å². The monoisotopic (exact) mass is 242 g/mol. The third-order valence-corrected chi connectivity index (χ3v) is 2.41. The van der Waals surface area contributed by atoms with Gasteiger partial charge in [-0.1, -0.05) is 39.2 Å². The minimum Gasteiger partial charge on any atom is -0.481 e. The summed E-state index contributed by atoms with van der Waals surface area (Å²) in [5.74, 6) is -1.40. The number of carbonyl (C=O) groups is 2. The highest BCUT2D eigenvalue weighted by atomic mass is 16.5. The number of carboxylic acid groups (broad SMARTS) is 1. The molecule has 0 aliphatic carbocycles. The van der Waals surface area contributed by atoms with Crippen molar-refractivity contribution in [3.63, 3.8) is 0 Å². The van der Waals surface area contributed by atoms with Crippen LogP contribution in [0, 0.1) is 0 Å². The summed E-state index contributed by atoms with van der Waals surface area (Å²) in [6, 6.07) is 0. The molecule has 4 nitrogen and oxygen atoms in total. The van der Waals surface area contributed by atoms with Gasteiger partial charge in [0.2, 0.25) is 0 Å². The van der Waals surface area contributed by atoms with Crippen molar-refractivity contribution < 1.29 is 19.4 Å². The molecule has 0 aromatic rings. The van der Waals surface area contributed by atoms with E-state index in [0.717, 1.165) is 19.3 Å². The molecule has 0 atom stereocenters. The molecular formula is C13H22O4. The van der Waals surface area contributed by atoms with Crippen molar-refractivity contribution in [1.29, 1.82) is 0 Å². The molecule has 0 saturated heterocycles. The second kappa shape index (κ2) is 9.87. The maximum absolute atomic E-state index is 11.3. The number of esters is 1. The summed E-state index contributed by atoms with van der Waals surface area (Å²) in [5.41, 5.74) is 0.237. The van der Waals surface area contributed by atoms with Crippen LogP contribution in [0.4, 0.5) is 0 Å². The van der Waals surface area contributed by atoms with Gasteiger partial charge in [0.15, 0.2) is 0 Å². The van der Waals surface area contributed by atoms with Gasteiger partial charge in [-0.3, -0.25) is 4.79 Å². The van der Waals surface area contributed by atoms with E-state index in [1.165, 1.54) is 12.8 Å². The number of aliphatic carboxylic acids is 1. The Morgan fingerprint density at radius 1 is 1.12 bits per heavy atom. The molecule has 0 aromatic carbocycles. The van der Waals surface area contributed by atoms with Crippen LogP contribution in [-0.2, 0) is 14.3 Å². The first-order valence-electron chi connectivity index (χ1n) is 6.14. The van der Waals surface area contributed by atoms with Gasteiger partial charge in [-0.15, -0.1) is 0 Å². The molecule has 0 spiro atoms. The Bertz CT molecular complexity index is 258. The van der Waals surface area contributed by atoms with Gasteiger partial charge in [0, 0.05) is 12.0 Å². The zero-order valence-electron chi connectivity index (χ0n) is 10.5. The number of hydrogen-bond acceptors (Lipinski definition) is 3. The second-order valence-electron chi connectivity index (χ2n) is 4.05. The third kappa shape index (κ3) is 9.60. The van der Waals surface area contributed by atoms with Gasteiger partial charge in [0.25, 0.3) is 0 Å². The number of unbranched alkanes of at least 4 members (excludes halogenated alkanes) is 4. The van der Waals surface area contributed by atoms with Crippen molar-refractivity contribution in [2.75, 3.05) is 6.61 Å². The minimum absolute atomic E-state index is 0.0789. The van der Waals surface area contributed by atoms with Crippen LogP contribution in [0.1, 0.15) is 51.9 Å². The quantitative estimate of drug-likeness (QED) is 0.363. The van der Waals surface area contributed by atoms with E-state index in [0.29, 0.717) is 6.61 Å². The molecule has 0 aliphatic heterocycles. The first-order valence-corrected chi connectivity index (χ1v) is 6.14. The molecule has 1 N–H and O–H groups in total. The Morgan fingerprint density at radius 3 is 2.35 bits per heavy atom. The summed E-state index contributed by atoms with van der Waals surface area (Å²) in [6.07, 6.45) is 5.55. The van der Waals surface area contributed by atoms with E-state index in [2.05, 4.69) is 13.5 Å². The average molecular weight is 242 g/mol. The first-order chi connectivity index (χ1) is 8.07. The lowest BCUT2D eigenvalue weighted by atomic mass is 10.1. The molecular weight excluding hydrogens is 220 g/mol. The molecule has 0 aromatic heterocycles. The summed E-state index contributed by atoms with van der Waals surface area (Å²) >= 11 is 0. The first kappa shape index (κ1) is 15.7. The van der Waals surface area contributed by atoms with E-state index in [1.54, 1.807) is 0 Å². The van der Waals surface area contributed by atoms with E-state index in [-0.39, 0.29) is 18.4 Å². The largest absolute Gasteiger partial charge is 0.481 e. The second-order valence-corrected chi connectivity index (χ2v) is 4.05. The molecule has 0 rings (SSSR count). The Balaban J connectivity index is 3.51. The molecule has 0 heterocycles. The molecule has 0 saturated carbocycles. The minimum atomic E-state index is -0.932. The summed E-state index contributed by atoms with van der Waals surface area (Å²) in [6.45, 7) is 6.06. The lowest BCUT2D eigenvalue weighted by molar-refractivity contribution is -0.139. The highest BCUT2D eigenvalue weighted by Crippen LogP contribution is 2.07. The lowest BCUT2D eigenvalue weighted by Gasteiger charge is -2.06. The molecule has 98 valence electrons. The topological polar surface area (TPSA) is 63.6 Å². The van der Waals surface area contributed by atoms with Crippen LogP contribution in [-0.4, -0.2) is 23.7 Å². The van der Waals surface area contributed by atoms with Crippen molar-refractivity contribution in [2.24, 2.45) is 0 Å². The number of rotatable bonds is 10. The van der Waals surface area contributed by atoms with Crippen molar-refractivity contribution in [2.45, 2.75) is 51.9 Å². The smallest absolute Gasteiger partial charge is 0.333 e. The summed E-state index contributed by atoms with van der Waals surface area (Å²) in [5, 5.41) is 8.45. The van der Waals surface area contributed by atoms with Crippen LogP contribution in [0.15, 0.2) is 12.2 Å². The van der Waals surface area contributed by atoms with E-state index in [4.69, 9.17) is 9.84 Å². The Hall–Kier alpha value is -1.32. The van der Waals surface area contributed by atoms with Gasteiger partial charge in [-0.25, -0.2) is 4.79 Å². The average Bonchev–Trinajstić information content (AvgIpc) is 2.30. The third-order valence-electron chi connectivity index (χ3n) is 2.41. The molecule has 0 fully saturated rings. The summed E-state index contributed by atoms with van der Waals surface area (Å²) in [4.78, 5) is 21.6. The lowest BCUT2D eigenvalue weighted by Crippen LogP contribution is -2.09. The number of ether oxygens (including phenoxy) is 1. The fourth-order valence-corrected chi connectivity index (χ4v) is 1.33. The molecule has 0 amide bonds. The van der Waals surface area contributed by atoms with Crippen molar-refractivity contribution in [1.82, 2.24) is 0 Å². The van der Waals surface area contributed by atoms with E-state index < -0.39 is 11.9 Å². The van der Waals surface area contributed by atoms with Crippen molar-refractivity contribution in [3.05, 3.63) is 12.2 Å². The zero-order valence-corrected chi connectivity index (χ0v) is 10.5. The van der Waals surface area contributed by atoms with Gasteiger partial charge in [-0.05, 0) is 12.8 Å². The van der Waals surface area contributed by atoms with Crippen LogP contribution in [0.3, 0.4) is 0 Å². The Labute approximate surface area is 103 Å². The van der Waals surface area contributed by atoms with E-state index in [9.17, 15) is 9.59 Å². The summed E-state index contributed by atoms with van der Waals surface area (Å²) < 4.78 is 4.98. The normalized spacial score (nSPS) is 9.94. The molecule has 17 heavy (non-hydrogen) atoms.